The molecule has 1 heterocycles. The molecule has 2 rings (SSSR count). The second kappa shape index (κ2) is 6.74. The van der Waals surface area contributed by atoms with Crippen molar-refractivity contribution in [1.29, 1.82) is 0 Å². The highest BCUT2D eigenvalue weighted by atomic mass is 35.5. The van der Waals surface area contributed by atoms with Gasteiger partial charge in [0.05, 0.1) is 5.92 Å². The molecule has 1 unspecified atom stereocenters. The normalized spacial score (nSPS) is 17.4. The molecule has 1 aliphatic heterocycles. The largest absolute Gasteiger partial charge is 0.332 e. The van der Waals surface area contributed by atoms with Gasteiger partial charge in [0.1, 0.15) is 5.92 Å². The molecule has 4 amide bonds. The summed E-state index contributed by atoms with van der Waals surface area (Å²) in [5.74, 6) is -4.15. The fourth-order valence-corrected chi connectivity index (χ4v) is 3.18. The first kappa shape index (κ1) is 18.2. The minimum atomic E-state index is -1.42. The minimum absolute atomic E-state index is 0.108. The molecule has 8 nitrogen and oxygen atoms in total. The smallest absolute Gasteiger partial charge is 0.273 e. The third kappa shape index (κ3) is 3.20. The third-order valence-corrected chi connectivity index (χ3v) is 4.44. The van der Waals surface area contributed by atoms with Gasteiger partial charge in [0.15, 0.2) is 0 Å². The van der Waals surface area contributed by atoms with Crippen molar-refractivity contribution < 1.29 is 19.3 Å². The highest BCUT2D eigenvalue weighted by molar-refractivity contribution is 6.35. The Morgan fingerprint density at radius 3 is 2.17 bits per heavy atom. The van der Waals surface area contributed by atoms with E-state index < -0.39 is 41.1 Å². The molecular weight excluding hydrogens is 361 g/mol. The number of nitro groups is 1. The lowest BCUT2D eigenvalue weighted by Gasteiger charge is -2.35. The van der Waals surface area contributed by atoms with Gasteiger partial charge >= 0.3 is 6.03 Å². The predicted molar refractivity (Wildman–Crippen MR) is 85.5 cm³/mol. The molecule has 1 atom stereocenters. The van der Waals surface area contributed by atoms with Crippen molar-refractivity contribution >= 4 is 41.0 Å². The number of imide groups is 2. The molecule has 1 aliphatic rings. The van der Waals surface area contributed by atoms with Gasteiger partial charge in [0.2, 0.25) is 18.4 Å². The highest BCUT2D eigenvalue weighted by Gasteiger charge is 2.49. The standard InChI is InChI=1S/C14H13Cl2N3O5/c1-17-12(20)11(13(21)18(2)14(17)22)9(6-19(23)24)8-4-3-7(15)5-10(8)16/h3-5,9,11H,6H2,1-2H3. The van der Waals surface area contributed by atoms with Gasteiger partial charge < -0.3 is 0 Å². The summed E-state index contributed by atoms with van der Waals surface area (Å²) in [6.07, 6.45) is 0. The Hall–Kier alpha value is -2.19. The van der Waals surface area contributed by atoms with Gasteiger partial charge in [-0.25, -0.2) is 4.79 Å². The molecule has 0 aliphatic carbocycles. The first-order chi connectivity index (χ1) is 11.1. The Morgan fingerprint density at radius 2 is 1.71 bits per heavy atom. The molecule has 1 aromatic carbocycles. The molecule has 0 spiro atoms. The molecule has 24 heavy (non-hydrogen) atoms. The van der Waals surface area contributed by atoms with Gasteiger partial charge in [-0.15, -0.1) is 0 Å². The summed E-state index contributed by atoms with van der Waals surface area (Å²) in [6, 6.07) is 3.49. The van der Waals surface area contributed by atoms with Crippen molar-refractivity contribution in [3.63, 3.8) is 0 Å². The number of carbonyl (C=O) groups is 3. The van der Waals surface area contributed by atoms with E-state index in [2.05, 4.69) is 0 Å². The van der Waals surface area contributed by atoms with E-state index in [4.69, 9.17) is 23.2 Å². The van der Waals surface area contributed by atoms with Crippen molar-refractivity contribution in [3.05, 3.63) is 43.9 Å². The van der Waals surface area contributed by atoms with Crippen LogP contribution in [0, 0.1) is 16.0 Å². The van der Waals surface area contributed by atoms with Crippen LogP contribution in [-0.2, 0) is 9.59 Å². The van der Waals surface area contributed by atoms with Gasteiger partial charge in [-0.1, -0.05) is 29.3 Å². The van der Waals surface area contributed by atoms with Crippen LogP contribution in [0.2, 0.25) is 10.0 Å². The van der Waals surface area contributed by atoms with Crippen molar-refractivity contribution in [3.8, 4) is 0 Å². The quantitative estimate of drug-likeness (QED) is 0.456. The Kier molecular flexibility index (Phi) is 5.10. The summed E-state index contributed by atoms with van der Waals surface area (Å²) < 4.78 is 0. The zero-order valence-electron chi connectivity index (χ0n) is 12.7. The first-order valence-electron chi connectivity index (χ1n) is 6.81. The summed E-state index contributed by atoms with van der Waals surface area (Å²) in [5.41, 5.74) is 0.251. The highest BCUT2D eigenvalue weighted by Crippen LogP contribution is 2.35. The van der Waals surface area contributed by atoms with E-state index >= 15 is 0 Å². The number of urea groups is 1. The molecule has 0 bridgehead atoms. The molecule has 10 heteroatoms. The van der Waals surface area contributed by atoms with Gasteiger partial charge in [-0.05, 0) is 17.7 Å². The van der Waals surface area contributed by atoms with Crippen LogP contribution in [0.25, 0.3) is 0 Å². The number of hydrogen-bond acceptors (Lipinski definition) is 5. The molecule has 0 aromatic heterocycles. The summed E-state index contributed by atoms with van der Waals surface area (Å²) in [4.78, 5) is 48.6. The van der Waals surface area contributed by atoms with Gasteiger partial charge in [0.25, 0.3) is 0 Å². The predicted octanol–water partition coefficient (Wildman–Crippen LogP) is 2.02. The van der Waals surface area contributed by atoms with E-state index in [1.54, 1.807) is 0 Å². The average Bonchev–Trinajstić information content (AvgIpc) is 2.50. The SMILES string of the molecule is CN1C(=O)C(C(C[N+](=O)[O-])c2ccc(Cl)cc2Cl)C(=O)N(C)C1=O. The monoisotopic (exact) mass is 373 g/mol. The Morgan fingerprint density at radius 1 is 1.17 bits per heavy atom. The summed E-state index contributed by atoms with van der Waals surface area (Å²) >= 11 is 11.9. The Balaban J connectivity index is 2.54. The molecule has 128 valence electrons. The number of carbonyl (C=O) groups excluding carboxylic acids is 3. The number of benzene rings is 1. The number of barbiturate groups is 1. The molecule has 0 radical (unpaired) electrons. The van der Waals surface area contributed by atoms with E-state index in [1.165, 1.54) is 32.3 Å². The van der Waals surface area contributed by atoms with Crippen molar-refractivity contribution in [2.24, 2.45) is 5.92 Å². The Labute approximate surface area is 147 Å². The van der Waals surface area contributed by atoms with E-state index in [1.807, 2.05) is 0 Å². The summed E-state index contributed by atoms with van der Waals surface area (Å²) in [5, 5.41) is 11.5. The van der Waals surface area contributed by atoms with Crippen LogP contribution < -0.4 is 0 Å². The summed E-state index contributed by atoms with van der Waals surface area (Å²) in [6.45, 7) is -0.695. The van der Waals surface area contributed by atoms with E-state index in [9.17, 15) is 24.5 Å². The molecule has 0 N–H and O–H groups in total. The minimum Gasteiger partial charge on any atom is -0.273 e. The maximum Gasteiger partial charge on any atom is 0.332 e. The van der Waals surface area contributed by atoms with Crippen LogP contribution in [0.3, 0.4) is 0 Å². The molecular formula is C14H13Cl2N3O5. The lowest BCUT2D eigenvalue weighted by molar-refractivity contribution is -0.484. The van der Waals surface area contributed by atoms with Gasteiger partial charge in [-0.3, -0.25) is 29.5 Å². The van der Waals surface area contributed by atoms with Crippen LogP contribution in [0.1, 0.15) is 11.5 Å². The van der Waals surface area contributed by atoms with Crippen molar-refractivity contribution in [2.75, 3.05) is 20.6 Å². The van der Waals surface area contributed by atoms with E-state index in [0.29, 0.717) is 5.02 Å². The van der Waals surface area contributed by atoms with Gasteiger partial charge in [0, 0.05) is 29.1 Å². The van der Waals surface area contributed by atoms with Gasteiger partial charge in [-0.2, -0.15) is 0 Å². The number of rotatable bonds is 4. The number of hydrogen-bond donors (Lipinski definition) is 0. The fourth-order valence-electron chi connectivity index (χ4n) is 2.63. The van der Waals surface area contributed by atoms with Crippen molar-refractivity contribution in [1.82, 2.24) is 9.80 Å². The van der Waals surface area contributed by atoms with E-state index in [-0.39, 0.29) is 10.6 Å². The maximum absolute atomic E-state index is 12.4. The topological polar surface area (TPSA) is 101 Å². The van der Waals surface area contributed by atoms with Crippen LogP contribution >= 0.6 is 23.2 Å². The second-order valence-electron chi connectivity index (χ2n) is 5.34. The molecule has 1 aromatic rings. The molecule has 0 saturated carbocycles. The first-order valence-corrected chi connectivity index (χ1v) is 7.56. The Bertz CT molecular complexity index is 715. The molecule has 1 fully saturated rings. The van der Waals surface area contributed by atoms with Crippen LogP contribution in [0.5, 0.6) is 0 Å². The maximum atomic E-state index is 12.4. The zero-order valence-corrected chi connectivity index (χ0v) is 14.2. The zero-order chi connectivity index (χ0) is 18.2. The van der Waals surface area contributed by atoms with Crippen LogP contribution in [0.4, 0.5) is 4.79 Å². The lowest BCUT2D eigenvalue weighted by Crippen LogP contribution is -2.58. The lowest BCUT2D eigenvalue weighted by atomic mass is 9.83. The van der Waals surface area contributed by atoms with Crippen LogP contribution in [-0.4, -0.2) is 53.2 Å². The van der Waals surface area contributed by atoms with Crippen molar-refractivity contribution in [2.45, 2.75) is 5.92 Å². The summed E-state index contributed by atoms with van der Waals surface area (Å²) in [7, 11) is 2.43. The van der Waals surface area contributed by atoms with Crippen LogP contribution in [0.15, 0.2) is 18.2 Å². The second-order valence-corrected chi connectivity index (χ2v) is 6.19. The number of nitrogens with zero attached hydrogens (tertiary/aromatic N) is 3. The number of amides is 4. The molecule has 1 saturated heterocycles. The fraction of sp³-hybridized carbons (Fsp3) is 0.357. The number of halogens is 2. The van der Waals surface area contributed by atoms with E-state index in [0.717, 1.165) is 9.80 Å². The average molecular weight is 374 g/mol. The third-order valence-electron chi connectivity index (χ3n) is 3.88.